The Kier molecular flexibility index (Phi) is 3.32. The molecule has 64 valence electrons. The topological polar surface area (TPSA) is 30.0 Å². The Balaban J connectivity index is 3.13. The van der Waals surface area contributed by atoms with Crippen molar-refractivity contribution in [3.8, 4) is 0 Å². The smallest absolute Gasteiger partial charge is 0.197 e. The van der Waals surface area contributed by atoms with Gasteiger partial charge in [-0.15, -0.1) is 11.6 Å². The fourth-order valence-corrected chi connectivity index (χ4v) is 1.16. The number of carbonyl (C=O) groups excluding carboxylic acids is 1. The molecule has 0 unspecified atom stereocenters. The first-order chi connectivity index (χ1) is 5.65. The average molecular weight is 224 g/mol. The van der Waals surface area contributed by atoms with Crippen molar-refractivity contribution >= 4 is 40.6 Å². The lowest BCUT2D eigenvalue weighted by molar-refractivity contribution is 0.101. The van der Waals surface area contributed by atoms with Crippen LogP contribution in [-0.4, -0.2) is 16.6 Å². The maximum atomic E-state index is 11.0. The molecule has 0 aromatic carbocycles. The number of carbonyl (C=O) groups is 1. The molecule has 0 atom stereocenters. The minimum absolute atomic E-state index is 0.124. The Morgan fingerprint density at radius 1 is 1.42 bits per heavy atom. The second-order valence-electron chi connectivity index (χ2n) is 2.02. The number of ketones is 1. The number of pyridine rings is 1. The molecule has 0 N–H and O–H groups in total. The number of nitrogens with zero attached hydrogens (tertiary/aromatic N) is 1. The van der Waals surface area contributed by atoms with Crippen LogP contribution in [0.2, 0.25) is 10.2 Å². The van der Waals surface area contributed by atoms with Crippen molar-refractivity contribution in [1.29, 1.82) is 0 Å². The number of hydrogen-bond donors (Lipinski definition) is 0. The Labute approximate surface area is 84.5 Å². The van der Waals surface area contributed by atoms with Crippen molar-refractivity contribution in [3.63, 3.8) is 0 Å². The van der Waals surface area contributed by atoms with E-state index in [1.54, 1.807) is 0 Å². The summed E-state index contributed by atoms with van der Waals surface area (Å²) >= 11 is 16.5. The van der Waals surface area contributed by atoms with Gasteiger partial charge in [0.05, 0.1) is 10.9 Å². The van der Waals surface area contributed by atoms with Crippen molar-refractivity contribution in [2.24, 2.45) is 0 Å². The summed E-state index contributed by atoms with van der Waals surface area (Å²) < 4.78 is 0. The molecule has 5 heteroatoms. The van der Waals surface area contributed by atoms with E-state index in [2.05, 4.69) is 4.98 Å². The monoisotopic (exact) mass is 223 g/mol. The van der Waals surface area contributed by atoms with Crippen molar-refractivity contribution in [2.45, 2.75) is 0 Å². The molecule has 1 heterocycles. The summed E-state index contributed by atoms with van der Waals surface area (Å²) in [6.07, 6.45) is 0. The van der Waals surface area contributed by atoms with Gasteiger partial charge in [0.1, 0.15) is 10.8 Å². The van der Waals surface area contributed by atoms with Gasteiger partial charge in [0.25, 0.3) is 0 Å². The van der Waals surface area contributed by atoms with Crippen molar-refractivity contribution < 1.29 is 4.79 Å². The highest BCUT2D eigenvalue weighted by atomic mass is 35.5. The maximum absolute atomic E-state index is 11.0. The molecule has 0 saturated carbocycles. The van der Waals surface area contributed by atoms with Gasteiger partial charge < -0.3 is 0 Å². The minimum Gasteiger partial charge on any atom is -0.291 e. The van der Waals surface area contributed by atoms with E-state index in [1.165, 1.54) is 12.1 Å². The summed E-state index contributed by atoms with van der Waals surface area (Å²) in [5.41, 5.74) is 0.124. The molecule has 0 amide bonds. The molecule has 1 aromatic heterocycles. The van der Waals surface area contributed by atoms with E-state index in [-0.39, 0.29) is 27.5 Å². The van der Waals surface area contributed by atoms with Crippen LogP contribution in [-0.2, 0) is 0 Å². The number of rotatable bonds is 2. The Morgan fingerprint density at radius 3 is 2.67 bits per heavy atom. The number of alkyl halides is 1. The molecule has 1 rings (SSSR count). The van der Waals surface area contributed by atoms with E-state index >= 15 is 0 Å². The van der Waals surface area contributed by atoms with Gasteiger partial charge >= 0.3 is 0 Å². The zero-order valence-electron chi connectivity index (χ0n) is 5.85. The van der Waals surface area contributed by atoms with Crippen LogP contribution in [0, 0.1) is 0 Å². The van der Waals surface area contributed by atoms with Gasteiger partial charge in [-0.05, 0) is 12.1 Å². The van der Waals surface area contributed by atoms with Gasteiger partial charge in [-0.2, -0.15) is 0 Å². The quantitative estimate of drug-likeness (QED) is 0.439. The molecule has 0 radical (unpaired) electrons. The van der Waals surface area contributed by atoms with Crippen LogP contribution in [0.1, 0.15) is 10.5 Å². The molecule has 0 aliphatic carbocycles. The number of Topliss-reactive ketones (excluding diaryl/α,β-unsaturated/α-hetero) is 1. The zero-order chi connectivity index (χ0) is 9.14. The largest absolute Gasteiger partial charge is 0.291 e. The van der Waals surface area contributed by atoms with Gasteiger partial charge in [-0.1, -0.05) is 23.2 Å². The number of hydrogen-bond acceptors (Lipinski definition) is 2. The number of aromatic nitrogens is 1. The lowest BCUT2D eigenvalue weighted by Gasteiger charge is -1.98. The van der Waals surface area contributed by atoms with Gasteiger partial charge in [0, 0.05) is 0 Å². The van der Waals surface area contributed by atoms with Gasteiger partial charge in [0.2, 0.25) is 0 Å². The van der Waals surface area contributed by atoms with E-state index in [1.807, 2.05) is 0 Å². The highest BCUT2D eigenvalue weighted by molar-refractivity contribution is 6.37. The predicted molar refractivity (Wildman–Crippen MR) is 49.3 cm³/mol. The highest BCUT2D eigenvalue weighted by Gasteiger charge is 2.10. The minimum atomic E-state index is -0.329. The fraction of sp³-hybridized carbons (Fsp3) is 0.143. The number of halogens is 3. The molecule has 0 saturated heterocycles. The van der Waals surface area contributed by atoms with Crippen LogP contribution in [0.5, 0.6) is 0 Å². The van der Waals surface area contributed by atoms with Crippen LogP contribution in [0.3, 0.4) is 0 Å². The summed E-state index contributed by atoms with van der Waals surface area (Å²) in [4.78, 5) is 14.8. The molecule has 0 aliphatic rings. The molecule has 2 nitrogen and oxygen atoms in total. The van der Waals surface area contributed by atoms with Crippen molar-refractivity contribution in [3.05, 3.63) is 28.0 Å². The summed E-state index contributed by atoms with van der Waals surface area (Å²) in [7, 11) is 0. The molecule has 12 heavy (non-hydrogen) atoms. The van der Waals surface area contributed by atoms with E-state index in [0.29, 0.717) is 0 Å². The van der Waals surface area contributed by atoms with Gasteiger partial charge in [0.15, 0.2) is 5.78 Å². The second kappa shape index (κ2) is 4.08. The molecule has 0 bridgehead atoms. The Morgan fingerprint density at radius 2 is 2.08 bits per heavy atom. The first-order valence-electron chi connectivity index (χ1n) is 3.06. The van der Waals surface area contributed by atoms with Gasteiger partial charge in [-0.25, -0.2) is 4.98 Å². The molecule has 0 aliphatic heterocycles. The first-order valence-corrected chi connectivity index (χ1v) is 4.35. The molecule has 1 aromatic rings. The van der Waals surface area contributed by atoms with E-state index in [9.17, 15) is 4.79 Å². The second-order valence-corrected chi connectivity index (χ2v) is 3.08. The summed E-state index contributed by atoms with van der Waals surface area (Å²) in [6.45, 7) is 0. The van der Waals surface area contributed by atoms with Crippen LogP contribution < -0.4 is 0 Å². The Bertz CT molecular complexity index is 314. The van der Waals surface area contributed by atoms with E-state index in [4.69, 9.17) is 34.8 Å². The van der Waals surface area contributed by atoms with Crippen molar-refractivity contribution in [1.82, 2.24) is 4.98 Å². The molecular weight excluding hydrogens is 220 g/mol. The SMILES string of the molecule is O=C(CCl)c1nc(Cl)ccc1Cl. The van der Waals surface area contributed by atoms with Crippen LogP contribution in [0.4, 0.5) is 0 Å². The normalized spacial score (nSPS) is 9.92. The van der Waals surface area contributed by atoms with Crippen LogP contribution >= 0.6 is 34.8 Å². The summed E-state index contributed by atoms with van der Waals surface area (Å²) in [6, 6.07) is 3.02. The summed E-state index contributed by atoms with van der Waals surface area (Å²) in [5, 5.41) is 0.498. The molecule has 0 spiro atoms. The van der Waals surface area contributed by atoms with E-state index < -0.39 is 0 Å². The zero-order valence-corrected chi connectivity index (χ0v) is 8.12. The fourth-order valence-electron chi connectivity index (χ4n) is 0.677. The van der Waals surface area contributed by atoms with Gasteiger partial charge in [-0.3, -0.25) is 4.79 Å². The Hall–Kier alpha value is -0.310. The summed E-state index contributed by atoms with van der Waals surface area (Å²) in [5.74, 6) is -0.475. The molecular formula is C7H4Cl3NO. The lowest BCUT2D eigenvalue weighted by atomic mass is 10.3. The average Bonchev–Trinajstić information content (AvgIpc) is 2.08. The predicted octanol–water partition coefficient (Wildman–Crippen LogP) is 2.81. The maximum Gasteiger partial charge on any atom is 0.197 e. The molecule has 0 fully saturated rings. The third-order valence-corrected chi connectivity index (χ3v) is 1.96. The highest BCUT2D eigenvalue weighted by Crippen LogP contribution is 2.17. The van der Waals surface area contributed by atoms with Crippen molar-refractivity contribution in [2.75, 3.05) is 5.88 Å². The van der Waals surface area contributed by atoms with Crippen LogP contribution in [0.15, 0.2) is 12.1 Å². The third-order valence-electron chi connectivity index (χ3n) is 1.20. The lowest BCUT2D eigenvalue weighted by Crippen LogP contribution is -2.04. The standard InChI is InChI=1S/C7H4Cl3NO/c8-3-5(12)7-4(9)1-2-6(10)11-7/h1-2H,3H2. The van der Waals surface area contributed by atoms with Crippen LogP contribution in [0.25, 0.3) is 0 Å². The van der Waals surface area contributed by atoms with E-state index in [0.717, 1.165) is 0 Å². The third kappa shape index (κ3) is 2.09. The first kappa shape index (κ1) is 9.78.